The first-order valence-corrected chi connectivity index (χ1v) is 5.34. The number of hydrogen-bond donors (Lipinski definition) is 1. The molecule has 0 saturated heterocycles. The number of hydrogen-bond acceptors (Lipinski definition) is 5. The third-order valence-electron chi connectivity index (χ3n) is 1.78. The average Bonchev–Trinajstić information content (AvgIpc) is 2.26. The molecule has 88 valence electrons. The number of rotatable bonds is 5. The van der Waals surface area contributed by atoms with Crippen LogP contribution in [-0.4, -0.2) is 29.5 Å². The molecule has 0 unspecified atom stereocenters. The van der Waals surface area contributed by atoms with Crippen molar-refractivity contribution in [3.8, 4) is 5.75 Å². The molecule has 0 amide bonds. The second-order valence-electron chi connectivity index (χ2n) is 2.78. The number of nitro groups is 1. The van der Waals surface area contributed by atoms with E-state index in [-0.39, 0.29) is 17.3 Å². The predicted molar refractivity (Wildman–Crippen MR) is 57.4 cm³/mol. The maximum Gasteiger partial charge on any atom is 0.313 e. The molecule has 0 saturated carbocycles. The third kappa shape index (κ3) is 2.83. The Morgan fingerprint density at radius 3 is 2.81 bits per heavy atom. The number of thioether (sulfide) groups is 1. The lowest BCUT2D eigenvalue weighted by atomic mass is 10.3. The van der Waals surface area contributed by atoms with E-state index in [1.54, 1.807) is 0 Å². The number of halogens is 1. The summed E-state index contributed by atoms with van der Waals surface area (Å²) in [5.41, 5.74) is -0.409. The van der Waals surface area contributed by atoms with Gasteiger partial charge in [-0.05, 0) is 0 Å². The maximum atomic E-state index is 13.4. The Hall–Kier alpha value is -1.34. The molecule has 16 heavy (non-hydrogen) atoms. The van der Waals surface area contributed by atoms with Gasteiger partial charge in [-0.2, -0.15) is 0 Å². The minimum absolute atomic E-state index is 0.00633. The van der Waals surface area contributed by atoms with Gasteiger partial charge in [0.15, 0.2) is 5.75 Å². The van der Waals surface area contributed by atoms with Crippen molar-refractivity contribution in [3.63, 3.8) is 0 Å². The van der Waals surface area contributed by atoms with Crippen LogP contribution in [0.2, 0.25) is 0 Å². The quantitative estimate of drug-likeness (QED) is 0.488. The standard InChI is InChI=1S/C9H10FNO4S/c1-15-8-5-9(16-3-2-12)6(10)4-7(8)11(13)14/h4-5,12H,2-3H2,1H3. The molecule has 7 heteroatoms. The van der Waals surface area contributed by atoms with Crippen LogP contribution in [0.3, 0.4) is 0 Å². The first-order valence-electron chi connectivity index (χ1n) is 4.35. The van der Waals surface area contributed by atoms with Crippen molar-refractivity contribution in [2.45, 2.75) is 4.90 Å². The molecule has 0 radical (unpaired) electrons. The molecule has 0 aliphatic heterocycles. The number of aliphatic hydroxyl groups excluding tert-OH is 1. The highest BCUT2D eigenvalue weighted by molar-refractivity contribution is 7.99. The van der Waals surface area contributed by atoms with E-state index in [4.69, 9.17) is 9.84 Å². The molecule has 5 nitrogen and oxygen atoms in total. The summed E-state index contributed by atoms with van der Waals surface area (Å²) >= 11 is 1.07. The van der Waals surface area contributed by atoms with Crippen LogP contribution in [0.4, 0.5) is 10.1 Å². The highest BCUT2D eigenvalue weighted by Crippen LogP contribution is 2.34. The first kappa shape index (κ1) is 12.7. The van der Waals surface area contributed by atoms with Gasteiger partial charge in [-0.3, -0.25) is 10.1 Å². The van der Waals surface area contributed by atoms with Gasteiger partial charge in [0.1, 0.15) is 5.82 Å². The number of ether oxygens (including phenoxy) is 1. The lowest BCUT2D eigenvalue weighted by Gasteiger charge is -2.06. The summed E-state index contributed by atoms with van der Waals surface area (Å²) in [5, 5.41) is 19.2. The van der Waals surface area contributed by atoms with E-state index in [2.05, 4.69) is 0 Å². The van der Waals surface area contributed by atoms with Gasteiger partial charge in [0.05, 0.1) is 24.7 Å². The SMILES string of the molecule is COc1cc(SCCO)c(F)cc1[N+](=O)[O-]. The highest BCUT2D eigenvalue weighted by atomic mass is 32.2. The van der Waals surface area contributed by atoms with Gasteiger partial charge in [0, 0.05) is 16.7 Å². The van der Waals surface area contributed by atoms with Crippen molar-refractivity contribution in [1.82, 2.24) is 0 Å². The fraction of sp³-hybridized carbons (Fsp3) is 0.333. The van der Waals surface area contributed by atoms with Crippen molar-refractivity contribution in [3.05, 3.63) is 28.1 Å². The van der Waals surface area contributed by atoms with Crippen LogP contribution in [0.25, 0.3) is 0 Å². The molecule has 1 aromatic carbocycles. The molecule has 0 bridgehead atoms. The van der Waals surface area contributed by atoms with Crippen LogP contribution in [-0.2, 0) is 0 Å². The van der Waals surface area contributed by atoms with E-state index in [1.165, 1.54) is 13.2 Å². The smallest absolute Gasteiger partial charge is 0.313 e. The van der Waals surface area contributed by atoms with Crippen LogP contribution in [0.15, 0.2) is 17.0 Å². The first-order chi connectivity index (χ1) is 7.60. The zero-order chi connectivity index (χ0) is 12.1. The summed E-state index contributed by atoms with van der Waals surface area (Å²) in [7, 11) is 1.28. The summed E-state index contributed by atoms with van der Waals surface area (Å²) in [6.45, 7) is -0.0938. The molecule has 0 fully saturated rings. The maximum absolute atomic E-state index is 13.4. The van der Waals surface area contributed by atoms with Crippen molar-refractivity contribution < 1.29 is 19.2 Å². The molecule has 1 rings (SSSR count). The molecule has 1 aromatic rings. The molecule has 0 aliphatic carbocycles. The lowest BCUT2D eigenvalue weighted by molar-refractivity contribution is -0.386. The topological polar surface area (TPSA) is 72.6 Å². The summed E-state index contributed by atoms with van der Waals surface area (Å²) in [6, 6.07) is 2.08. The van der Waals surface area contributed by atoms with Crippen LogP contribution in [0.5, 0.6) is 5.75 Å². The van der Waals surface area contributed by atoms with Crippen molar-refractivity contribution in [1.29, 1.82) is 0 Å². The van der Waals surface area contributed by atoms with Gasteiger partial charge < -0.3 is 9.84 Å². The second kappa shape index (κ2) is 5.66. The predicted octanol–water partition coefficient (Wildman–Crippen LogP) is 1.83. The van der Waals surface area contributed by atoms with Gasteiger partial charge in [-0.25, -0.2) is 4.39 Å². The number of benzene rings is 1. The largest absolute Gasteiger partial charge is 0.490 e. The monoisotopic (exact) mass is 247 g/mol. The Bertz CT molecular complexity index is 399. The zero-order valence-electron chi connectivity index (χ0n) is 8.47. The van der Waals surface area contributed by atoms with Crippen molar-refractivity contribution >= 4 is 17.4 Å². The van der Waals surface area contributed by atoms with Crippen molar-refractivity contribution in [2.24, 2.45) is 0 Å². The third-order valence-corrected chi connectivity index (χ3v) is 2.79. The minimum Gasteiger partial charge on any atom is -0.490 e. The van der Waals surface area contributed by atoms with E-state index in [0.29, 0.717) is 5.75 Å². The average molecular weight is 247 g/mol. The van der Waals surface area contributed by atoms with E-state index >= 15 is 0 Å². The van der Waals surface area contributed by atoms with Crippen LogP contribution < -0.4 is 4.74 Å². The lowest BCUT2D eigenvalue weighted by Crippen LogP contribution is -1.97. The molecular formula is C9H10FNO4S. The Morgan fingerprint density at radius 1 is 1.62 bits per heavy atom. The summed E-state index contributed by atoms with van der Waals surface area (Å²) in [5.74, 6) is -0.365. The minimum atomic E-state index is -0.706. The highest BCUT2D eigenvalue weighted by Gasteiger charge is 2.19. The van der Waals surface area contributed by atoms with Gasteiger partial charge in [-0.1, -0.05) is 0 Å². The number of nitrogens with zero attached hydrogens (tertiary/aromatic N) is 1. The molecule has 0 aromatic heterocycles. The van der Waals surface area contributed by atoms with Crippen LogP contribution in [0, 0.1) is 15.9 Å². The molecule has 0 heterocycles. The Labute approximate surface area is 95.4 Å². The Morgan fingerprint density at radius 2 is 2.31 bits per heavy atom. The van der Waals surface area contributed by atoms with Gasteiger partial charge in [-0.15, -0.1) is 11.8 Å². The fourth-order valence-electron chi connectivity index (χ4n) is 1.10. The van der Waals surface area contributed by atoms with Crippen LogP contribution in [0.1, 0.15) is 0 Å². The molecule has 0 aliphatic rings. The molecule has 1 N–H and O–H groups in total. The van der Waals surface area contributed by atoms with E-state index < -0.39 is 16.4 Å². The Balaban J connectivity index is 3.10. The van der Waals surface area contributed by atoms with Gasteiger partial charge in [0.2, 0.25) is 0 Å². The number of methoxy groups -OCH3 is 1. The summed E-state index contributed by atoms with van der Waals surface area (Å²) in [4.78, 5) is 10.1. The summed E-state index contributed by atoms with van der Waals surface area (Å²) < 4.78 is 18.2. The molecule has 0 atom stereocenters. The summed E-state index contributed by atoms with van der Waals surface area (Å²) in [6.07, 6.45) is 0. The van der Waals surface area contributed by atoms with E-state index in [9.17, 15) is 14.5 Å². The number of aliphatic hydroxyl groups is 1. The van der Waals surface area contributed by atoms with Crippen LogP contribution >= 0.6 is 11.8 Å². The zero-order valence-corrected chi connectivity index (χ0v) is 9.29. The van der Waals surface area contributed by atoms with E-state index in [1.807, 2.05) is 0 Å². The number of nitro benzene ring substituents is 1. The Kier molecular flexibility index (Phi) is 4.51. The van der Waals surface area contributed by atoms with E-state index in [0.717, 1.165) is 17.8 Å². The van der Waals surface area contributed by atoms with Gasteiger partial charge in [0.25, 0.3) is 0 Å². The van der Waals surface area contributed by atoms with Crippen molar-refractivity contribution in [2.75, 3.05) is 19.5 Å². The molecular weight excluding hydrogens is 237 g/mol. The second-order valence-corrected chi connectivity index (χ2v) is 3.92. The molecule has 0 spiro atoms. The van der Waals surface area contributed by atoms with Gasteiger partial charge >= 0.3 is 5.69 Å². The fourth-order valence-corrected chi connectivity index (χ4v) is 1.80. The normalized spacial score (nSPS) is 10.2.